The van der Waals surface area contributed by atoms with E-state index in [4.69, 9.17) is 11.6 Å². The molecule has 0 atom stereocenters. The van der Waals surface area contributed by atoms with E-state index >= 15 is 0 Å². The number of halogens is 2. The van der Waals surface area contributed by atoms with Gasteiger partial charge in [0, 0.05) is 15.9 Å². The van der Waals surface area contributed by atoms with Crippen molar-refractivity contribution in [2.24, 2.45) is 0 Å². The maximum absolute atomic E-state index is 10.1. The summed E-state index contributed by atoms with van der Waals surface area (Å²) in [7, 11) is 0. The van der Waals surface area contributed by atoms with Crippen LogP contribution in [-0.4, -0.2) is 6.29 Å². The number of rotatable bonds is 3. The Hall–Kier alpha value is -0.340. The molecule has 0 aliphatic carbocycles. The summed E-state index contributed by atoms with van der Waals surface area (Å²) in [5.41, 5.74) is 1.02. The van der Waals surface area contributed by atoms with Gasteiger partial charge in [0.2, 0.25) is 0 Å². The van der Waals surface area contributed by atoms with E-state index in [1.54, 1.807) is 0 Å². The van der Waals surface area contributed by atoms with Gasteiger partial charge < -0.3 is 4.79 Å². The third kappa shape index (κ3) is 2.61. The van der Waals surface area contributed by atoms with Gasteiger partial charge in [-0.15, -0.1) is 0 Å². The molecule has 0 spiro atoms. The third-order valence-corrected chi connectivity index (χ3v) is 2.39. The summed E-state index contributed by atoms with van der Waals surface area (Å²) in [6, 6.07) is 5.68. The van der Waals surface area contributed by atoms with E-state index in [1.807, 2.05) is 18.2 Å². The van der Waals surface area contributed by atoms with Crippen LogP contribution < -0.4 is 0 Å². The molecule has 64 valence electrons. The summed E-state index contributed by atoms with van der Waals surface area (Å²) in [5.74, 6) is 0. The first-order valence-corrected chi connectivity index (χ1v) is 4.78. The lowest BCUT2D eigenvalue weighted by atomic mass is 10.1. The van der Waals surface area contributed by atoms with Crippen molar-refractivity contribution in [3.63, 3.8) is 0 Å². The fraction of sp³-hybridized carbons (Fsp3) is 0.222. The van der Waals surface area contributed by atoms with E-state index in [-0.39, 0.29) is 0 Å². The molecule has 0 saturated heterocycles. The van der Waals surface area contributed by atoms with Crippen LogP contribution in [0.25, 0.3) is 0 Å². The zero-order valence-corrected chi connectivity index (χ0v) is 8.73. The standard InChI is InChI=1S/C9H8BrClO/c10-8-4-3-7(2-1-5-12)9(11)6-8/h3-6H,1-2H2. The van der Waals surface area contributed by atoms with Crippen molar-refractivity contribution >= 4 is 33.8 Å². The lowest BCUT2D eigenvalue weighted by molar-refractivity contribution is -0.107. The Bertz CT molecular complexity index is 286. The topological polar surface area (TPSA) is 17.1 Å². The second kappa shape index (κ2) is 4.63. The highest BCUT2D eigenvalue weighted by Gasteiger charge is 1.99. The SMILES string of the molecule is O=CCCc1ccc(Br)cc1Cl. The molecular formula is C9H8BrClO. The Morgan fingerprint density at radius 1 is 1.50 bits per heavy atom. The fourth-order valence-electron chi connectivity index (χ4n) is 0.939. The molecule has 0 fully saturated rings. The highest BCUT2D eigenvalue weighted by Crippen LogP contribution is 2.21. The van der Waals surface area contributed by atoms with E-state index in [0.29, 0.717) is 11.4 Å². The average molecular weight is 248 g/mol. The maximum Gasteiger partial charge on any atom is 0.120 e. The van der Waals surface area contributed by atoms with Crippen LogP contribution in [0.2, 0.25) is 5.02 Å². The molecule has 3 heteroatoms. The van der Waals surface area contributed by atoms with Gasteiger partial charge in [0.05, 0.1) is 0 Å². The molecular weight excluding hydrogens is 239 g/mol. The summed E-state index contributed by atoms with van der Waals surface area (Å²) in [5, 5.41) is 0.714. The van der Waals surface area contributed by atoms with Gasteiger partial charge in [-0.05, 0) is 24.1 Å². The molecule has 1 rings (SSSR count). The lowest BCUT2D eigenvalue weighted by Crippen LogP contribution is -1.87. The number of aldehydes is 1. The van der Waals surface area contributed by atoms with Crippen molar-refractivity contribution < 1.29 is 4.79 Å². The molecule has 0 saturated carbocycles. The van der Waals surface area contributed by atoms with Gasteiger partial charge in [-0.2, -0.15) is 0 Å². The fourth-order valence-corrected chi connectivity index (χ4v) is 1.71. The van der Waals surface area contributed by atoms with E-state index in [1.165, 1.54) is 0 Å². The molecule has 0 radical (unpaired) electrons. The Morgan fingerprint density at radius 2 is 2.25 bits per heavy atom. The number of hydrogen-bond donors (Lipinski definition) is 0. The zero-order valence-electron chi connectivity index (χ0n) is 6.39. The van der Waals surface area contributed by atoms with Crippen molar-refractivity contribution in [1.29, 1.82) is 0 Å². The van der Waals surface area contributed by atoms with Crippen LogP contribution in [-0.2, 0) is 11.2 Å². The van der Waals surface area contributed by atoms with E-state index < -0.39 is 0 Å². The zero-order chi connectivity index (χ0) is 8.97. The molecule has 1 aromatic rings. The van der Waals surface area contributed by atoms with Crippen molar-refractivity contribution in [3.05, 3.63) is 33.3 Å². The first-order chi connectivity index (χ1) is 5.74. The number of hydrogen-bond acceptors (Lipinski definition) is 1. The summed E-state index contributed by atoms with van der Waals surface area (Å²) in [6.07, 6.45) is 2.15. The monoisotopic (exact) mass is 246 g/mol. The number of aryl methyl sites for hydroxylation is 1. The Morgan fingerprint density at radius 3 is 2.83 bits per heavy atom. The minimum absolute atomic E-state index is 0.529. The summed E-state index contributed by atoms with van der Waals surface area (Å²) < 4.78 is 0.961. The number of carbonyl (C=O) groups excluding carboxylic acids is 1. The molecule has 0 amide bonds. The molecule has 1 nitrogen and oxygen atoms in total. The van der Waals surface area contributed by atoms with Crippen LogP contribution in [0.1, 0.15) is 12.0 Å². The molecule has 0 unspecified atom stereocenters. The predicted octanol–water partition coefficient (Wildman–Crippen LogP) is 3.23. The van der Waals surface area contributed by atoms with Crippen LogP contribution in [0, 0.1) is 0 Å². The highest BCUT2D eigenvalue weighted by atomic mass is 79.9. The average Bonchev–Trinajstić information content (AvgIpc) is 2.03. The predicted molar refractivity (Wildman–Crippen MR) is 53.5 cm³/mol. The van der Waals surface area contributed by atoms with E-state index in [2.05, 4.69) is 15.9 Å². The molecule has 0 aliphatic rings. The molecule has 0 heterocycles. The third-order valence-electron chi connectivity index (χ3n) is 1.55. The minimum Gasteiger partial charge on any atom is -0.303 e. The summed E-state index contributed by atoms with van der Waals surface area (Å²) in [6.45, 7) is 0. The molecule has 1 aromatic carbocycles. The molecule has 0 bridgehead atoms. The lowest BCUT2D eigenvalue weighted by Gasteiger charge is -2.01. The van der Waals surface area contributed by atoms with Crippen molar-refractivity contribution in [1.82, 2.24) is 0 Å². The van der Waals surface area contributed by atoms with Crippen LogP contribution >= 0.6 is 27.5 Å². The van der Waals surface area contributed by atoms with Crippen LogP contribution in [0.15, 0.2) is 22.7 Å². The number of benzene rings is 1. The molecule has 0 N–H and O–H groups in total. The van der Waals surface area contributed by atoms with Gasteiger partial charge in [-0.1, -0.05) is 33.6 Å². The van der Waals surface area contributed by atoms with Crippen LogP contribution in [0.3, 0.4) is 0 Å². The van der Waals surface area contributed by atoms with Crippen LogP contribution in [0.5, 0.6) is 0 Å². The van der Waals surface area contributed by atoms with Crippen molar-refractivity contribution in [3.8, 4) is 0 Å². The summed E-state index contributed by atoms with van der Waals surface area (Å²) in [4.78, 5) is 10.1. The largest absolute Gasteiger partial charge is 0.303 e. The van der Waals surface area contributed by atoms with Crippen molar-refractivity contribution in [2.45, 2.75) is 12.8 Å². The number of carbonyl (C=O) groups is 1. The first kappa shape index (κ1) is 9.75. The summed E-state index contributed by atoms with van der Waals surface area (Å²) >= 11 is 9.23. The smallest absolute Gasteiger partial charge is 0.120 e. The quantitative estimate of drug-likeness (QED) is 0.750. The normalized spacial score (nSPS) is 9.83. The van der Waals surface area contributed by atoms with E-state index in [9.17, 15) is 4.79 Å². The van der Waals surface area contributed by atoms with E-state index in [0.717, 1.165) is 22.7 Å². The van der Waals surface area contributed by atoms with Gasteiger partial charge in [-0.25, -0.2) is 0 Å². The van der Waals surface area contributed by atoms with Gasteiger partial charge in [0.15, 0.2) is 0 Å². The van der Waals surface area contributed by atoms with Gasteiger partial charge >= 0.3 is 0 Å². The minimum atomic E-state index is 0.529. The molecule has 0 aliphatic heterocycles. The Kier molecular flexibility index (Phi) is 3.76. The molecule has 12 heavy (non-hydrogen) atoms. The second-order valence-electron chi connectivity index (χ2n) is 2.44. The maximum atomic E-state index is 10.1. The van der Waals surface area contributed by atoms with Crippen molar-refractivity contribution in [2.75, 3.05) is 0 Å². The van der Waals surface area contributed by atoms with Gasteiger partial charge in [0.1, 0.15) is 6.29 Å². The van der Waals surface area contributed by atoms with Gasteiger partial charge in [0.25, 0.3) is 0 Å². The first-order valence-electron chi connectivity index (χ1n) is 3.61. The highest BCUT2D eigenvalue weighted by molar-refractivity contribution is 9.10. The van der Waals surface area contributed by atoms with Gasteiger partial charge in [-0.3, -0.25) is 0 Å². The Balaban J connectivity index is 2.78. The van der Waals surface area contributed by atoms with Crippen LogP contribution in [0.4, 0.5) is 0 Å². The second-order valence-corrected chi connectivity index (χ2v) is 3.76. The molecule has 0 aromatic heterocycles. The Labute approximate surface area is 84.9 Å².